The van der Waals surface area contributed by atoms with Crippen molar-refractivity contribution in [3.05, 3.63) is 45.1 Å². The number of rotatable bonds is 4. The van der Waals surface area contributed by atoms with E-state index in [1.54, 1.807) is 19.2 Å². The molecule has 11 heteroatoms. The molecule has 1 amide bonds. The Kier molecular flexibility index (Phi) is 5.24. The third-order valence-electron chi connectivity index (χ3n) is 4.74. The molecule has 0 aliphatic carbocycles. The van der Waals surface area contributed by atoms with Gasteiger partial charge in [-0.2, -0.15) is 0 Å². The van der Waals surface area contributed by atoms with Crippen LogP contribution in [0.1, 0.15) is 41.0 Å². The van der Waals surface area contributed by atoms with E-state index in [0.717, 1.165) is 11.3 Å². The van der Waals surface area contributed by atoms with Gasteiger partial charge in [0.15, 0.2) is 9.84 Å². The van der Waals surface area contributed by atoms with Gasteiger partial charge in [-0.15, -0.1) is 11.3 Å². The summed E-state index contributed by atoms with van der Waals surface area (Å²) in [5.41, 5.74) is -0.424. The predicted molar refractivity (Wildman–Crippen MR) is 109 cm³/mol. The first-order valence-corrected chi connectivity index (χ1v) is 11.2. The van der Waals surface area contributed by atoms with Crippen LogP contribution in [0.3, 0.4) is 0 Å². The van der Waals surface area contributed by atoms with E-state index in [0.29, 0.717) is 15.4 Å². The molecule has 0 aromatic carbocycles. The first kappa shape index (κ1) is 20.7. The number of amidine groups is 1. The fourth-order valence-corrected chi connectivity index (χ4v) is 6.19. The summed E-state index contributed by atoms with van der Waals surface area (Å²) in [4.78, 5) is 21.2. The zero-order valence-corrected chi connectivity index (χ0v) is 17.9. The van der Waals surface area contributed by atoms with Crippen molar-refractivity contribution in [2.45, 2.75) is 37.6 Å². The molecule has 1 atom stereocenters. The van der Waals surface area contributed by atoms with E-state index in [1.165, 1.54) is 26.2 Å². The maximum absolute atomic E-state index is 12.7. The van der Waals surface area contributed by atoms with Crippen LogP contribution in [0.2, 0.25) is 5.02 Å². The smallest absolute Gasteiger partial charge is 0.261 e. The Morgan fingerprint density at radius 3 is 2.75 bits per heavy atom. The van der Waals surface area contributed by atoms with Gasteiger partial charge in [0, 0.05) is 6.20 Å². The van der Waals surface area contributed by atoms with E-state index in [1.807, 2.05) is 0 Å². The summed E-state index contributed by atoms with van der Waals surface area (Å²) in [6.45, 7) is 4.90. The number of nitrogens with zero attached hydrogens (tertiary/aromatic N) is 2. The Morgan fingerprint density at radius 1 is 1.43 bits per heavy atom. The Labute approximate surface area is 172 Å². The van der Waals surface area contributed by atoms with Crippen LogP contribution in [0.4, 0.5) is 0 Å². The predicted octanol–water partition coefficient (Wildman–Crippen LogP) is 2.11. The van der Waals surface area contributed by atoms with Gasteiger partial charge in [-0.25, -0.2) is 18.4 Å². The number of sulfone groups is 1. The third kappa shape index (κ3) is 3.63. The number of thiophene rings is 1. The molecular formula is C17H20ClN5O3S2. The third-order valence-corrected chi connectivity index (χ3v) is 9.27. The first-order chi connectivity index (χ1) is 13.0. The highest BCUT2D eigenvalue weighted by molar-refractivity contribution is 7.93. The molecule has 3 rings (SSSR count). The lowest BCUT2D eigenvalue weighted by Gasteiger charge is -2.42. The van der Waals surface area contributed by atoms with Crippen LogP contribution < -0.4 is 10.6 Å². The molecule has 0 saturated carbocycles. The summed E-state index contributed by atoms with van der Waals surface area (Å²) in [5.74, 6) is -0.660. The van der Waals surface area contributed by atoms with Crippen molar-refractivity contribution in [2.24, 2.45) is 0 Å². The van der Waals surface area contributed by atoms with Gasteiger partial charge in [-0.05, 0) is 32.9 Å². The summed E-state index contributed by atoms with van der Waals surface area (Å²) in [5, 5.41) is 14.2. The average molecular weight is 442 g/mol. The number of hydrogen-bond donors (Lipinski definition) is 3. The molecule has 0 bridgehead atoms. The van der Waals surface area contributed by atoms with E-state index in [4.69, 9.17) is 17.0 Å². The standard InChI is InChI=1S/C17H20ClN5O3S2/c1-16(2)15(19)23-17(3,8-28(16,25)26)13-11(18)6-12(27-13)14(24)21-7-10-4-5-20-9-22-10/h4-6,9H,7-8H2,1-3H3,(H2,19,23)(H,21,24)/t17-/m0/s1. The summed E-state index contributed by atoms with van der Waals surface area (Å²) >= 11 is 7.46. The number of aromatic nitrogens is 2. The molecule has 8 nitrogen and oxygen atoms in total. The highest BCUT2D eigenvalue weighted by Crippen LogP contribution is 2.41. The summed E-state index contributed by atoms with van der Waals surface area (Å²) in [6, 6.07) is 3.21. The van der Waals surface area contributed by atoms with Gasteiger partial charge in [-0.1, -0.05) is 11.6 Å². The van der Waals surface area contributed by atoms with Crippen molar-refractivity contribution >= 4 is 44.5 Å². The molecule has 1 saturated heterocycles. The van der Waals surface area contributed by atoms with Crippen molar-refractivity contribution in [1.29, 1.82) is 5.41 Å². The van der Waals surface area contributed by atoms with Crippen LogP contribution in [0.25, 0.3) is 0 Å². The maximum Gasteiger partial charge on any atom is 0.261 e. The van der Waals surface area contributed by atoms with Crippen LogP contribution in [-0.2, 0) is 21.9 Å². The Hall–Kier alpha value is -2.04. The molecule has 1 fully saturated rings. The summed E-state index contributed by atoms with van der Waals surface area (Å²) < 4.78 is 24.1. The van der Waals surface area contributed by atoms with Crippen LogP contribution in [0, 0.1) is 5.41 Å². The molecule has 1 aliphatic rings. The van der Waals surface area contributed by atoms with Gasteiger partial charge in [-0.3, -0.25) is 10.2 Å². The van der Waals surface area contributed by atoms with Crippen LogP contribution in [0.5, 0.6) is 0 Å². The maximum atomic E-state index is 12.7. The van der Waals surface area contributed by atoms with Crippen molar-refractivity contribution < 1.29 is 13.2 Å². The Morgan fingerprint density at radius 2 is 2.14 bits per heavy atom. The molecule has 150 valence electrons. The topological polar surface area (TPSA) is 125 Å². The molecule has 3 N–H and O–H groups in total. The molecule has 3 heterocycles. The summed E-state index contributed by atoms with van der Waals surface area (Å²) in [7, 11) is -3.59. The number of hydrogen-bond acceptors (Lipinski definition) is 7. The van der Waals surface area contributed by atoms with Crippen molar-refractivity contribution in [2.75, 3.05) is 5.75 Å². The second kappa shape index (κ2) is 7.09. The number of amides is 1. The molecule has 2 aromatic heterocycles. The van der Waals surface area contributed by atoms with Crippen molar-refractivity contribution in [1.82, 2.24) is 20.6 Å². The minimum absolute atomic E-state index is 0.0968. The molecule has 0 unspecified atom stereocenters. The fraction of sp³-hybridized carbons (Fsp3) is 0.412. The van der Waals surface area contributed by atoms with Crippen LogP contribution in [0.15, 0.2) is 24.7 Å². The number of carbonyl (C=O) groups is 1. The quantitative estimate of drug-likeness (QED) is 0.667. The molecule has 0 radical (unpaired) electrons. The van der Waals surface area contributed by atoms with Gasteiger partial charge in [0.25, 0.3) is 5.91 Å². The molecule has 0 spiro atoms. The highest BCUT2D eigenvalue weighted by atomic mass is 35.5. The SMILES string of the molecule is CC1(C)C(=N)N[C@](C)(c2sc(C(=O)NCc3ccncn3)cc2Cl)CS1(=O)=O. The van der Waals surface area contributed by atoms with Gasteiger partial charge in [0.05, 0.1) is 38.3 Å². The minimum atomic E-state index is -3.59. The van der Waals surface area contributed by atoms with E-state index >= 15 is 0 Å². The fourth-order valence-electron chi connectivity index (χ4n) is 2.84. The number of carbonyl (C=O) groups excluding carboxylic acids is 1. The van der Waals surface area contributed by atoms with E-state index < -0.39 is 20.1 Å². The van der Waals surface area contributed by atoms with Crippen LogP contribution in [-0.4, -0.2) is 40.6 Å². The van der Waals surface area contributed by atoms with Gasteiger partial charge >= 0.3 is 0 Å². The number of halogens is 1. The van der Waals surface area contributed by atoms with Crippen molar-refractivity contribution in [3.63, 3.8) is 0 Å². The number of nitrogens with one attached hydrogen (secondary N) is 3. The zero-order valence-electron chi connectivity index (χ0n) is 15.5. The second-order valence-corrected chi connectivity index (χ2v) is 11.3. The summed E-state index contributed by atoms with van der Waals surface area (Å²) in [6.07, 6.45) is 2.98. The lowest BCUT2D eigenvalue weighted by molar-refractivity contribution is 0.0954. The van der Waals surface area contributed by atoms with E-state index in [-0.39, 0.29) is 29.1 Å². The second-order valence-electron chi connectivity index (χ2n) is 7.27. The van der Waals surface area contributed by atoms with E-state index in [9.17, 15) is 13.2 Å². The molecule has 1 aliphatic heterocycles. The molecule has 2 aromatic rings. The van der Waals surface area contributed by atoms with Crippen LogP contribution >= 0.6 is 22.9 Å². The lowest BCUT2D eigenvalue weighted by Crippen LogP contribution is -2.63. The average Bonchev–Trinajstić information content (AvgIpc) is 3.01. The van der Waals surface area contributed by atoms with Gasteiger partial charge in [0.2, 0.25) is 0 Å². The zero-order chi connectivity index (χ0) is 20.7. The minimum Gasteiger partial charge on any atom is -0.362 e. The lowest BCUT2D eigenvalue weighted by atomic mass is 10.00. The normalized spacial score (nSPS) is 23.1. The molecule has 28 heavy (non-hydrogen) atoms. The van der Waals surface area contributed by atoms with Gasteiger partial charge < -0.3 is 10.6 Å². The highest BCUT2D eigenvalue weighted by Gasteiger charge is 2.51. The van der Waals surface area contributed by atoms with Gasteiger partial charge in [0.1, 0.15) is 16.9 Å². The largest absolute Gasteiger partial charge is 0.362 e. The van der Waals surface area contributed by atoms with E-state index in [2.05, 4.69) is 20.6 Å². The Bertz CT molecular complexity index is 1040. The molecular weight excluding hydrogens is 422 g/mol. The monoisotopic (exact) mass is 441 g/mol. The van der Waals surface area contributed by atoms with Crippen molar-refractivity contribution in [3.8, 4) is 0 Å². The Balaban J connectivity index is 1.84. The first-order valence-electron chi connectivity index (χ1n) is 8.39.